The van der Waals surface area contributed by atoms with E-state index in [-0.39, 0.29) is 5.91 Å². The van der Waals surface area contributed by atoms with Gasteiger partial charge in [-0.1, -0.05) is 36.8 Å². The lowest BCUT2D eigenvalue weighted by Gasteiger charge is -2.26. The van der Waals surface area contributed by atoms with E-state index < -0.39 is 0 Å². The highest BCUT2D eigenvalue weighted by Crippen LogP contribution is 2.15. The average Bonchev–Trinajstić information content (AvgIpc) is 3.23. The summed E-state index contributed by atoms with van der Waals surface area (Å²) in [5.41, 5.74) is 4.02. The van der Waals surface area contributed by atoms with Gasteiger partial charge in [0.1, 0.15) is 0 Å². The summed E-state index contributed by atoms with van der Waals surface area (Å²) < 4.78 is 1.84. The maximum atomic E-state index is 12.8. The molecule has 2 aromatic carbocycles. The van der Waals surface area contributed by atoms with Crippen LogP contribution in [-0.4, -0.2) is 45.6 Å². The van der Waals surface area contributed by atoms with E-state index in [0.717, 1.165) is 23.4 Å². The summed E-state index contributed by atoms with van der Waals surface area (Å²) in [5.74, 6) is 0.0296. The number of likely N-dealkylation sites (tertiary alicyclic amines) is 1. The van der Waals surface area contributed by atoms with E-state index in [0.29, 0.717) is 6.54 Å². The number of para-hydroxylation sites is 1. The van der Waals surface area contributed by atoms with E-state index >= 15 is 0 Å². The molecule has 0 spiro atoms. The SMILES string of the molecule is CN(Cc1cnn(-c2ccccc2)c1)C(=O)c1ccc(CN2CCCCC2)cc1. The van der Waals surface area contributed by atoms with Crippen LogP contribution in [0.25, 0.3) is 5.69 Å². The van der Waals surface area contributed by atoms with Gasteiger partial charge in [-0.3, -0.25) is 9.69 Å². The minimum absolute atomic E-state index is 0.0296. The van der Waals surface area contributed by atoms with E-state index in [1.165, 1.54) is 37.9 Å². The molecule has 150 valence electrons. The first kappa shape index (κ1) is 19.4. The van der Waals surface area contributed by atoms with Crippen molar-refractivity contribution in [3.63, 3.8) is 0 Å². The minimum Gasteiger partial charge on any atom is -0.337 e. The van der Waals surface area contributed by atoms with Gasteiger partial charge in [0.05, 0.1) is 11.9 Å². The molecule has 1 aliphatic heterocycles. The van der Waals surface area contributed by atoms with Crippen LogP contribution in [0.2, 0.25) is 0 Å². The molecule has 5 nitrogen and oxygen atoms in total. The molecule has 0 unspecified atom stereocenters. The lowest BCUT2D eigenvalue weighted by atomic mass is 10.1. The summed E-state index contributed by atoms with van der Waals surface area (Å²) in [7, 11) is 1.84. The molecular formula is C24H28N4O. The van der Waals surface area contributed by atoms with Gasteiger partial charge in [0, 0.05) is 37.5 Å². The second-order valence-electron chi connectivity index (χ2n) is 7.82. The summed E-state index contributed by atoms with van der Waals surface area (Å²) in [4.78, 5) is 17.1. The molecule has 1 amide bonds. The number of hydrogen-bond donors (Lipinski definition) is 0. The quantitative estimate of drug-likeness (QED) is 0.638. The van der Waals surface area contributed by atoms with Gasteiger partial charge >= 0.3 is 0 Å². The molecule has 0 aliphatic carbocycles. The summed E-state index contributed by atoms with van der Waals surface area (Å²) >= 11 is 0. The van der Waals surface area contributed by atoms with Crippen molar-refractivity contribution in [2.24, 2.45) is 0 Å². The molecule has 1 saturated heterocycles. The fourth-order valence-electron chi connectivity index (χ4n) is 3.86. The molecule has 5 heteroatoms. The molecule has 4 rings (SSSR count). The van der Waals surface area contributed by atoms with Crippen molar-refractivity contribution in [1.29, 1.82) is 0 Å². The lowest BCUT2D eigenvalue weighted by Crippen LogP contribution is -2.29. The van der Waals surface area contributed by atoms with Gasteiger partial charge in [-0.2, -0.15) is 5.10 Å². The van der Waals surface area contributed by atoms with Crippen molar-refractivity contribution in [3.8, 4) is 5.69 Å². The van der Waals surface area contributed by atoms with E-state index in [2.05, 4.69) is 22.1 Å². The standard InChI is InChI=1S/C24H28N4O/c1-26(17-21-16-25-28(19-21)23-8-4-2-5-9-23)24(29)22-12-10-20(11-13-22)18-27-14-6-3-7-15-27/h2,4-5,8-13,16,19H,3,6-7,14-15,17-18H2,1H3. The van der Waals surface area contributed by atoms with Gasteiger partial charge in [0.2, 0.25) is 0 Å². The van der Waals surface area contributed by atoms with Crippen molar-refractivity contribution >= 4 is 5.91 Å². The van der Waals surface area contributed by atoms with Crippen LogP contribution in [0.4, 0.5) is 0 Å². The summed E-state index contributed by atoms with van der Waals surface area (Å²) in [6.07, 6.45) is 7.73. The topological polar surface area (TPSA) is 41.4 Å². The zero-order valence-electron chi connectivity index (χ0n) is 17.0. The minimum atomic E-state index is 0.0296. The smallest absolute Gasteiger partial charge is 0.253 e. The molecule has 0 bridgehead atoms. The molecule has 0 radical (unpaired) electrons. The van der Waals surface area contributed by atoms with E-state index in [1.807, 2.05) is 66.6 Å². The summed E-state index contributed by atoms with van der Waals surface area (Å²) in [6, 6.07) is 18.1. The number of amides is 1. The molecule has 29 heavy (non-hydrogen) atoms. The van der Waals surface area contributed by atoms with Crippen molar-refractivity contribution in [1.82, 2.24) is 19.6 Å². The van der Waals surface area contributed by atoms with Gasteiger partial charge in [0.25, 0.3) is 5.91 Å². The van der Waals surface area contributed by atoms with Gasteiger partial charge in [-0.25, -0.2) is 4.68 Å². The maximum Gasteiger partial charge on any atom is 0.253 e. The molecular weight excluding hydrogens is 360 g/mol. The van der Waals surface area contributed by atoms with Gasteiger partial charge in [-0.15, -0.1) is 0 Å². The van der Waals surface area contributed by atoms with Crippen LogP contribution in [0.1, 0.15) is 40.7 Å². The van der Waals surface area contributed by atoms with Crippen molar-refractivity contribution in [2.45, 2.75) is 32.4 Å². The maximum absolute atomic E-state index is 12.8. The molecule has 3 aromatic rings. The zero-order valence-corrected chi connectivity index (χ0v) is 17.0. The predicted octanol–water partition coefficient (Wildman–Crippen LogP) is 4.13. The fraction of sp³-hybridized carbons (Fsp3) is 0.333. The van der Waals surface area contributed by atoms with Crippen LogP contribution >= 0.6 is 0 Å². The molecule has 0 N–H and O–H groups in total. The van der Waals surface area contributed by atoms with E-state index in [4.69, 9.17) is 0 Å². The first-order valence-corrected chi connectivity index (χ1v) is 10.3. The lowest BCUT2D eigenvalue weighted by molar-refractivity contribution is 0.0785. The summed E-state index contributed by atoms with van der Waals surface area (Å²) in [5, 5.41) is 4.41. The van der Waals surface area contributed by atoms with Crippen molar-refractivity contribution in [2.75, 3.05) is 20.1 Å². The third-order valence-corrected chi connectivity index (χ3v) is 5.48. The molecule has 1 aromatic heterocycles. The number of carbonyl (C=O) groups is 1. The Hall–Kier alpha value is -2.92. The fourth-order valence-corrected chi connectivity index (χ4v) is 3.86. The monoisotopic (exact) mass is 388 g/mol. The molecule has 2 heterocycles. The van der Waals surface area contributed by atoms with Crippen LogP contribution in [-0.2, 0) is 13.1 Å². The number of nitrogens with zero attached hydrogens (tertiary/aromatic N) is 4. The van der Waals surface area contributed by atoms with Crippen LogP contribution in [0.3, 0.4) is 0 Å². The molecule has 0 atom stereocenters. The third kappa shape index (κ3) is 4.93. The van der Waals surface area contributed by atoms with Crippen LogP contribution in [0.5, 0.6) is 0 Å². The number of rotatable bonds is 6. The zero-order chi connectivity index (χ0) is 20.1. The van der Waals surface area contributed by atoms with Gasteiger partial charge in [-0.05, 0) is 55.8 Å². The number of carbonyl (C=O) groups excluding carboxylic acids is 1. The first-order valence-electron chi connectivity index (χ1n) is 10.3. The van der Waals surface area contributed by atoms with Crippen LogP contribution in [0, 0.1) is 0 Å². The Kier molecular flexibility index (Phi) is 6.06. The Balaban J connectivity index is 1.36. The number of aromatic nitrogens is 2. The number of benzene rings is 2. The second kappa shape index (κ2) is 9.05. The first-order chi connectivity index (χ1) is 14.2. The summed E-state index contributed by atoms with van der Waals surface area (Å²) in [6.45, 7) is 3.87. The Morgan fingerprint density at radius 3 is 2.41 bits per heavy atom. The second-order valence-corrected chi connectivity index (χ2v) is 7.82. The normalized spacial score (nSPS) is 14.7. The van der Waals surface area contributed by atoms with Crippen LogP contribution < -0.4 is 0 Å². The largest absolute Gasteiger partial charge is 0.337 e. The average molecular weight is 389 g/mol. The van der Waals surface area contributed by atoms with E-state index in [1.54, 1.807) is 4.90 Å². The highest BCUT2D eigenvalue weighted by atomic mass is 16.2. The van der Waals surface area contributed by atoms with Crippen molar-refractivity contribution < 1.29 is 4.79 Å². The van der Waals surface area contributed by atoms with E-state index in [9.17, 15) is 4.79 Å². The van der Waals surface area contributed by atoms with Crippen LogP contribution in [0.15, 0.2) is 67.0 Å². The Bertz CT molecular complexity index is 927. The van der Waals surface area contributed by atoms with Gasteiger partial charge < -0.3 is 4.90 Å². The number of hydrogen-bond acceptors (Lipinski definition) is 3. The van der Waals surface area contributed by atoms with Crippen molar-refractivity contribution in [3.05, 3.63) is 83.7 Å². The van der Waals surface area contributed by atoms with Gasteiger partial charge in [0.15, 0.2) is 0 Å². The molecule has 0 saturated carbocycles. The Morgan fingerprint density at radius 2 is 1.69 bits per heavy atom. The molecule has 1 fully saturated rings. The number of piperidine rings is 1. The Labute approximate surface area is 172 Å². The molecule has 1 aliphatic rings. The third-order valence-electron chi connectivity index (χ3n) is 5.48. The Morgan fingerprint density at radius 1 is 0.966 bits per heavy atom. The highest BCUT2D eigenvalue weighted by molar-refractivity contribution is 5.94. The predicted molar refractivity (Wildman–Crippen MR) is 115 cm³/mol. The highest BCUT2D eigenvalue weighted by Gasteiger charge is 2.14.